The molecule has 1 unspecified atom stereocenters. The van der Waals surface area contributed by atoms with Crippen LogP contribution >= 0.6 is 0 Å². The highest BCUT2D eigenvalue weighted by Crippen LogP contribution is 2.38. The average molecular weight is 168 g/mol. The van der Waals surface area contributed by atoms with Gasteiger partial charge in [-0.05, 0) is 19.3 Å². The van der Waals surface area contributed by atoms with Crippen molar-refractivity contribution in [2.24, 2.45) is 10.4 Å². The molecule has 1 heterocycles. The van der Waals surface area contributed by atoms with E-state index in [-0.39, 0.29) is 0 Å². The molecule has 0 aromatic rings. The molecule has 1 saturated heterocycles. The first-order chi connectivity index (χ1) is 5.39. The number of amidine groups is 1. The van der Waals surface area contributed by atoms with Gasteiger partial charge in [-0.25, -0.2) is 0 Å². The Labute approximate surface area is 75.7 Å². The first-order valence-corrected chi connectivity index (χ1v) is 4.64. The fourth-order valence-corrected chi connectivity index (χ4v) is 1.80. The normalized spacial score (nSPS) is 27.1. The molecule has 0 aromatic carbocycles. The van der Waals surface area contributed by atoms with E-state index in [0.717, 1.165) is 0 Å². The minimum Gasteiger partial charge on any atom is -0.345 e. The Hall–Kier alpha value is -0.530. The number of aliphatic imine (C=N–C) groups is 1. The Bertz CT molecular complexity index is 198. The van der Waals surface area contributed by atoms with Gasteiger partial charge in [0.15, 0.2) is 0 Å². The summed E-state index contributed by atoms with van der Waals surface area (Å²) in [6.45, 7) is 11.2. The van der Waals surface area contributed by atoms with Crippen molar-refractivity contribution in [1.29, 1.82) is 0 Å². The lowest BCUT2D eigenvalue weighted by Crippen LogP contribution is -2.22. The molecule has 1 aliphatic heterocycles. The van der Waals surface area contributed by atoms with Gasteiger partial charge < -0.3 is 4.90 Å². The van der Waals surface area contributed by atoms with Crippen molar-refractivity contribution < 1.29 is 0 Å². The highest BCUT2D eigenvalue weighted by atomic mass is 15.4. The zero-order valence-corrected chi connectivity index (χ0v) is 9.05. The molecule has 0 N–H and O–H groups in total. The summed E-state index contributed by atoms with van der Waals surface area (Å²) >= 11 is 0. The standard InChI is InChI=1S/C10H20N2/c1-7(2)12-8(9(12)11-6)10(3,4)5/h7-8H,1-6H3. The Balaban J connectivity index is 2.73. The van der Waals surface area contributed by atoms with Crippen molar-refractivity contribution in [1.82, 2.24) is 4.90 Å². The largest absolute Gasteiger partial charge is 0.345 e. The molecule has 70 valence electrons. The van der Waals surface area contributed by atoms with E-state index in [9.17, 15) is 0 Å². The lowest BCUT2D eigenvalue weighted by Gasteiger charge is -2.18. The van der Waals surface area contributed by atoms with E-state index >= 15 is 0 Å². The van der Waals surface area contributed by atoms with E-state index in [1.54, 1.807) is 0 Å². The predicted octanol–water partition coefficient (Wildman–Crippen LogP) is 2.15. The van der Waals surface area contributed by atoms with Crippen molar-refractivity contribution in [3.8, 4) is 0 Å². The summed E-state index contributed by atoms with van der Waals surface area (Å²) in [6.07, 6.45) is 0. The van der Waals surface area contributed by atoms with Gasteiger partial charge in [0.25, 0.3) is 0 Å². The van der Waals surface area contributed by atoms with Crippen molar-refractivity contribution in [2.75, 3.05) is 7.05 Å². The Morgan fingerprint density at radius 2 is 1.83 bits per heavy atom. The highest BCUT2D eigenvalue weighted by molar-refractivity contribution is 6.02. The summed E-state index contributed by atoms with van der Waals surface area (Å²) in [5, 5.41) is 0. The minimum atomic E-state index is 0.332. The maximum atomic E-state index is 4.29. The van der Waals surface area contributed by atoms with Crippen molar-refractivity contribution >= 4 is 5.84 Å². The summed E-state index contributed by atoms with van der Waals surface area (Å²) in [7, 11) is 1.89. The van der Waals surface area contributed by atoms with E-state index in [4.69, 9.17) is 0 Å². The van der Waals surface area contributed by atoms with E-state index < -0.39 is 0 Å². The molecule has 1 fully saturated rings. The molecule has 0 spiro atoms. The first kappa shape index (κ1) is 9.56. The molecule has 0 aromatic heterocycles. The van der Waals surface area contributed by atoms with Crippen LogP contribution in [0.2, 0.25) is 0 Å². The summed E-state index contributed by atoms with van der Waals surface area (Å²) in [5.74, 6) is 1.28. The highest BCUT2D eigenvalue weighted by Gasteiger charge is 2.50. The van der Waals surface area contributed by atoms with Crippen LogP contribution in [0.4, 0.5) is 0 Å². The van der Waals surface area contributed by atoms with Crippen LogP contribution in [0.15, 0.2) is 4.99 Å². The molecule has 0 saturated carbocycles. The number of nitrogens with zero attached hydrogens (tertiary/aromatic N) is 2. The van der Waals surface area contributed by atoms with Gasteiger partial charge in [0.05, 0.1) is 6.04 Å². The van der Waals surface area contributed by atoms with Gasteiger partial charge in [0, 0.05) is 13.1 Å². The van der Waals surface area contributed by atoms with Crippen LogP contribution in [0.5, 0.6) is 0 Å². The summed E-state index contributed by atoms with van der Waals surface area (Å²) in [6, 6.07) is 1.16. The third-order valence-electron chi connectivity index (χ3n) is 2.33. The zero-order chi connectivity index (χ0) is 9.52. The molecule has 1 rings (SSSR count). The molecule has 0 radical (unpaired) electrons. The van der Waals surface area contributed by atoms with E-state index in [2.05, 4.69) is 44.5 Å². The van der Waals surface area contributed by atoms with E-state index in [1.165, 1.54) is 5.84 Å². The summed E-state index contributed by atoms with van der Waals surface area (Å²) < 4.78 is 0. The maximum Gasteiger partial charge on any atom is 0.123 e. The molecule has 0 amide bonds. The quantitative estimate of drug-likeness (QED) is 0.548. The van der Waals surface area contributed by atoms with Gasteiger partial charge in [0.2, 0.25) is 0 Å². The molecule has 2 heteroatoms. The SMILES string of the molecule is CN=C1C(C(C)(C)C)N1C(C)C. The van der Waals surface area contributed by atoms with Crippen molar-refractivity contribution in [3.05, 3.63) is 0 Å². The van der Waals surface area contributed by atoms with Crippen LogP contribution in [-0.2, 0) is 0 Å². The zero-order valence-electron chi connectivity index (χ0n) is 9.05. The monoisotopic (exact) mass is 168 g/mol. The Morgan fingerprint density at radius 1 is 1.33 bits per heavy atom. The van der Waals surface area contributed by atoms with Gasteiger partial charge in [-0.1, -0.05) is 20.8 Å². The third kappa shape index (κ3) is 1.47. The summed E-state index contributed by atoms with van der Waals surface area (Å²) in [4.78, 5) is 6.68. The molecular formula is C10H20N2. The van der Waals surface area contributed by atoms with Crippen LogP contribution in [0.1, 0.15) is 34.6 Å². The van der Waals surface area contributed by atoms with Crippen LogP contribution in [0.3, 0.4) is 0 Å². The molecule has 0 bridgehead atoms. The topological polar surface area (TPSA) is 15.4 Å². The first-order valence-electron chi connectivity index (χ1n) is 4.64. The van der Waals surface area contributed by atoms with Gasteiger partial charge in [-0.3, -0.25) is 4.99 Å². The summed E-state index contributed by atoms with van der Waals surface area (Å²) in [5.41, 5.74) is 0.332. The number of rotatable bonds is 1. The lowest BCUT2D eigenvalue weighted by molar-refractivity contribution is 0.300. The van der Waals surface area contributed by atoms with Crippen molar-refractivity contribution in [2.45, 2.75) is 46.7 Å². The predicted molar refractivity (Wildman–Crippen MR) is 53.6 cm³/mol. The fourth-order valence-electron chi connectivity index (χ4n) is 1.80. The van der Waals surface area contributed by atoms with Crippen LogP contribution in [0, 0.1) is 5.41 Å². The second kappa shape index (κ2) is 2.75. The molecule has 1 aliphatic rings. The van der Waals surface area contributed by atoms with Gasteiger partial charge in [-0.2, -0.15) is 0 Å². The van der Waals surface area contributed by atoms with E-state index in [0.29, 0.717) is 17.5 Å². The van der Waals surface area contributed by atoms with Crippen LogP contribution < -0.4 is 0 Å². The molecule has 2 nitrogen and oxygen atoms in total. The van der Waals surface area contributed by atoms with Gasteiger partial charge in [0.1, 0.15) is 5.84 Å². The molecule has 1 atom stereocenters. The number of hydrogen-bond donors (Lipinski definition) is 0. The van der Waals surface area contributed by atoms with Crippen molar-refractivity contribution in [3.63, 3.8) is 0 Å². The second-order valence-electron chi connectivity index (χ2n) is 4.85. The van der Waals surface area contributed by atoms with Gasteiger partial charge >= 0.3 is 0 Å². The average Bonchev–Trinajstić information content (AvgIpc) is 2.58. The minimum absolute atomic E-state index is 0.332. The van der Waals surface area contributed by atoms with E-state index in [1.807, 2.05) is 7.05 Å². The smallest absolute Gasteiger partial charge is 0.123 e. The molecular weight excluding hydrogens is 148 g/mol. The molecule has 0 aliphatic carbocycles. The third-order valence-corrected chi connectivity index (χ3v) is 2.33. The Morgan fingerprint density at radius 3 is 1.92 bits per heavy atom. The number of hydrogen-bond acceptors (Lipinski definition) is 1. The van der Waals surface area contributed by atoms with Crippen LogP contribution in [0.25, 0.3) is 0 Å². The lowest BCUT2D eigenvalue weighted by atomic mass is 9.91. The van der Waals surface area contributed by atoms with Crippen LogP contribution in [-0.4, -0.2) is 29.9 Å². The fraction of sp³-hybridized carbons (Fsp3) is 0.900. The second-order valence-corrected chi connectivity index (χ2v) is 4.85. The maximum absolute atomic E-state index is 4.29. The van der Waals surface area contributed by atoms with Gasteiger partial charge in [-0.15, -0.1) is 0 Å². The molecule has 12 heavy (non-hydrogen) atoms. The Kier molecular flexibility index (Phi) is 2.19.